The Morgan fingerprint density at radius 1 is 0.929 bits per heavy atom. The van der Waals surface area contributed by atoms with Crippen LogP contribution < -0.4 is 29.4 Å². The maximum Gasteiger partial charge on any atom is 0.349 e. The van der Waals surface area contributed by atoms with Crippen LogP contribution in [0.5, 0.6) is 28.7 Å². The third-order valence-corrected chi connectivity index (χ3v) is 6.83. The Labute approximate surface area is 248 Å². The van der Waals surface area contributed by atoms with E-state index in [9.17, 15) is 10.1 Å². The number of esters is 1. The van der Waals surface area contributed by atoms with Crippen molar-refractivity contribution in [3.63, 3.8) is 0 Å². The van der Waals surface area contributed by atoms with E-state index in [1.165, 1.54) is 0 Å². The highest BCUT2D eigenvalue weighted by Gasteiger charge is 2.32. The molecule has 1 atom stereocenters. The van der Waals surface area contributed by atoms with Gasteiger partial charge in [0.25, 0.3) is 0 Å². The molecule has 0 radical (unpaired) electrons. The number of fused-ring (bicyclic) bond motifs is 1. The van der Waals surface area contributed by atoms with E-state index < -0.39 is 11.9 Å². The Morgan fingerprint density at radius 2 is 1.71 bits per heavy atom. The zero-order valence-corrected chi connectivity index (χ0v) is 23.5. The molecule has 1 aliphatic heterocycles. The lowest BCUT2D eigenvalue weighted by Gasteiger charge is -2.27. The Bertz CT molecular complexity index is 1670. The molecule has 0 aromatic heterocycles. The van der Waals surface area contributed by atoms with Gasteiger partial charge in [0.2, 0.25) is 5.88 Å². The SMILES string of the molecule is CCOc1cc(C2C(C#N)=C(N)Oc3cc(OC(=O)COc4ccccc4)ccc32)ccc1OCc1ccccc1Cl. The Hall–Kier alpha value is -5.13. The van der Waals surface area contributed by atoms with Gasteiger partial charge in [-0.25, -0.2) is 4.79 Å². The normalized spacial score (nSPS) is 13.8. The van der Waals surface area contributed by atoms with Crippen LogP contribution in [0.15, 0.2) is 102 Å². The van der Waals surface area contributed by atoms with Crippen molar-refractivity contribution in [3.8, 4) is 34.8 Å². The van der Waals surface area contributed by atoms with Crippen molar-refractivity contribution in [2.45, 2.75) is 19.4 Å². The van der Waals surface area contributed by atoms with Gasteiger partial charge in [-0.2, -0.15) is 5.26 Å². The van der Waals surface area contributed by atoms with Crippen LogP contribution in [-0.2, 0) is 11.4 Å². The van der Waals surface area contributed by atoms with Gasteiger partial charge in [-0.3, -0.25) is 0 Å². The lowest BCUT2D eigenvalue weighted by Crippen LogP contribution is -2.22. The number of carbonyl (C=O) groups is 1. The second kappa shape index (κ2) is 13.0. The van der Waals surface area contributed by atoms with E-state index >= 15 is 0 Å². The van der Waals surface area contributed by atoms with E-state index in [1.807, 2.05) is 55.5 Å². The maximum atomic E-state index is 12.4. The highest BCUT2D eigenvalue weighted by atomic mass is 35.5. The van der Waals surface area contributed by atoms with Crippen molar-refractivity contribution in [1.29, 1.82) is 5.26 Å². The number of nitrogens with two attached hydrogens (primary N) is 1. The predicted molar refractivity (Wildman–Crippen MR) is 157 cm³/mol. The van der Waals surface area contributed by atoms with Crippen LogP contribution in [0, 0.1) is 11.3 Å². The number of allylic oxidation sites excluding steroid dienone is 1. The molecule has 0 amide bonds. The third-order valence-electron chi connectivity index (χ3n) is 6.46. The molecule has 5 rings (SSSR count). The molecule has 1 aliphatic rings. The number of rotatable bonds is 10. The van der Waals surface area contributed by atoms with E-state index in [-0.39, 0.29) is 30.4 Å². The number of nitrogens with zero attached hydrogens (tertiary/aromatic N) is 1. The average molecular weight is 583 g/mol. The average Bonchev–Trinajstić information content (AvgIpc) is 3.00. The Morgan fingerprint density at radius 3 is 2.48 bits per heavy atom. The summed E-state index contributed by atoms with van der Waals surface area (Å²) < 4.78 is 28.7. The van der Waals surface area contributed by atoms with Gasteiger partial charge in [0.05, 0.1) is 12.5 Å². The molecule has 0 fully saturated rings. The molecular formula is C33H27ClN2O6. The van der Waals surface area contributed by atoms with Gasteiger partial charge in [0, 0.05) is 22.2 Å². The molecule has 2 N–H and O–H groups in total. The molecule has 0 saturated heterocycles. The molecule has 4 aromatic carbocycles. The molecule has 0 saturated carbocycles. The first-order valence-corrected chi connectivity index (χ1v) is 13.6. The molecule has 8 nitrogen and oxygen atoms in total. The van der Waals surface area contributed by atoms with Gasteiger partial charge in [0.1, 0.15) is 35.5 Å². The molecular weight excluding hydrogens is 556 g/mol. The summed E-state index contributed by atoms with van der Waals surface area (Å²) >= 11 is 6.29. The van der Waals surface area contributed by atoms with E-state index in [2.05, 4.69) is 6.07 Å². The number of halogens is 1. The summed E-state index contributed by atoms with van der Waals surface area (Å²) in [5.74, 6) is 1.03. The van der Waals surface area contributed by atoms with Crippen molar-refractivity contribution in [2.24, 2.45) is 5.73 Å². The second-order valence-electron chi connectivity index (χ2n) is 9.22. The first-order valence-electron chi connectivity index (χ1n) is 13.2. The van der Waals surface area contributed by atoms with Crippen molar-refractivity contribution in [3.05, 3.63) is 124 Å². The zero-order valence-electron chi connectivity index (χ0n) is 22.7. The first-order chi connectivity index (χ1) is 20.5. The van der Waals surface area contributed by atoms with Gasteiger partial charge in [-0.15, -0.1) is 0 Å². The predicted octanol–water partition coefficient (Wildman–Crippen LogP) is 6.52. The molecule has 212 valence electrons. The topological polar surface area (TPSA) is 113 Å². The summed E-state index contributed by atoms with van der Waals surface area (Å²) in [5.41, 5.74) is 8.69. The van der Waals surface area contributed by atoms with Gasteiger partial charge in [0.15, 0.2) is 18.1 Å². The summed E-state index contributed by atoms with van der Waals surface area (Å²) in [6.07, 6.45) is 0. The molecule has 42 heavy (non-hydrogen) atoms. The fourth-order valence-electron chi connectivity index (χ4n) is 4.52. The Balaban J connectivity index is 1.39. The molecule has 0 bridgehead atoms. The van der Waals surface area contributed by atoms with Crippen LogP contribution in [0.25, 0.3) is 0 Å². The smallest absolute Gasteiger partial charge is 0.349 e. The highest BCUT2D eigenvalue weighted by molar-refractivity contribution is 6.31. The van der Waals surface area contributed by atoms with Gasteiger partial charge in [-0.1, -0.05) is 60.1 Å². The number of carbonyl (C=O) groups excluding carboxylic acids is 1. The standard InChI is InChI=1S/C33H27ClN2O6/c1-2-38-30-16-21(12-15-28(30)40-19-22-8-6-7-11-27(22)34)32-25-14-13-24(17-29(25)42-33(36)26(32)18-35)41-31(37)20-39-23-9-4-3-5-10-23/h3-17,32H,2,19-20,36H2,1H3. The monoisotopic (exact) mass is 582 g/mol. The van der Waals surface area contributed by atoms with Crippen molar-refractivity contribution in [1.82, 2.24) is 0 Å². The maximum absolute atomic E-state index is 12.4. The number of hydrogen-bond acceptors (Lipinski definition) is 8. The minimum atomic E-state index is -0.582. The van der Waals surface area contributed by atoms with Crippen LogP contribution in [0.2, 0.25) is 5.02 Å². The molecule has 1 heterocycles. The number of hydrogen-bond donors (Lipinski definition) is 1. The summed E-state index contributed by atoms with van der Waals surface area (Å²) in [6.45, 7) is 2.27. The highest BCUT2D eigenvalue weighted by Crippen LogP contribution is 2.45. The van der Waals surface area contributed by atoms with Crippen LogP contribution in [-0.4, -0.2) is 19.2 Å². The first kappa shape index (κ1) is 28.4. The van der Waals surface area contributed by atoms with Gasteiger partial charge < -0.3 is 29.4 Å². The minimum absolute atomic E-state index is 0.0390. The van der Waals surface area contributed by atoms with Crippen molar-refractivity contribution < 1.29 is 28.5 Å². The number of para-hydroxylation sites is 1. The third kappa shape index (κ3) is 6.43. The molecule has 9 heteroatoms. The lowest BCUT2D eigenvalue weighted by molar-refractivity contribution is -0.136. The minimum Gasteiger partial charge on any atom is -0.490 e. The van der Waals surface area contributed by atoms with Crippen molar-refractivity contribution >= 4 is 17.6 Å². The second-order valence-corrected chi connectivity index (χ2v) is 9.63. The van der Waals surface area contributed by atoms with E-state index in [0.717, 1.165) is 11.1 Å². The molecule has 0 aliphatic carbocycles. The molecule has 4 aromatic rings. The van der Waals surface area contributed by atoms with Crippen molar-refractivity contribution in [2.75, 3.05) is 13.2 Å². The van der Waals surface area contributed by atoms with E-state index in [4.69, 9.17) is 41.0 Å². The fourth-order valence-corrected chi connectivity index (χ4v) is 4.72. The van der Waals surface area contributed by atoms with Gasteiger partial charge >= 0.3 is 5.97 Å². The summed E-state index contributed by atoms with van der Waals surface area (Å²) in [5, 5.41) is 10.6. The van der Waals surface area contributed by atoms with Crippen LogP contribution >= 0.6 is 11.6 Å². The Kier molecular flexibility index (Phi) is 8.81. The van der Waals surface area contributed by atoms with E-state index in [1.54, 1.807) is 42.5 Å². The summed E-state index contributed by atoms with van der Waals surface area (Å²) in [6, 6.07) is 29.0. The summed E-state index contributed by atoms with van der Waals surface area (Å²) in [4.78, 5) is 12.4. The van der Waals surface area contributed by atoms with Crippen LogP contribution in [0.4, 0.5) is 0 Å². The fraction of sp³-hybridized carbons (Fsp3) is 0.152. The lowest BCUT2D eigenvalue weighted by atomic mass is 9.83. The number of benzene rings is 4. The molecule has 0 spiro atoms. The molecule has 1 unspecified atom stereocenters. The number of nitriles is 1. The van der Waals surface area contributed by atoms with Crippen LogP contribution in [0.1, 0.15) is 29.5 Å². The quantitative estimate of drug-likeness (QED) is 0.166. The largest absolute Gasteiger partial charge is 0.490 e. The number of ether oxygens (including phenoxy) is 5. The zero-order chi connectivity index (χ0) is 29.5. The van der Waals surface area contributed by atoms with Gasteiger partial charge in [-0.05, 0) is 48.9 Å². The van der Waals surface area contributed by atoms with Crippen LogP contribution in [0.3, 0.4) is 0 Å². The summed E-state index contributed by atoms with van der Waals surface area (Å²) in [7, 11) is 0. The van der Waals surface area contributed by atoms with E-state index in [0.29, 0.717) is 40.2 Å².